The van der Waals surface area contributed by atoms with Gasteiger partial charge in [-0.1, -0.05) is 53.3 Å². The van der Waals surface area contributed by atoms with Crippen molar-refractivity contribution < 1.29 is 18.9 Å². The Kier molecular flexibility index (Phi) is 6.78. The minimum absolute atomic E-state index is 0.209. The average molecular weight is 516 g/mol. The lowest BCUT2D eigenvalue weighted by Crippen LogP contribution is -2.23. The molecule has 0 aliphatic carbocycles. The van der Waals surface area contributed by atoms with E-state index in [2.05, 4.69) is 41.4 Å². The maximum atomic E-state index is 13.4. The summed E-state index contributed by atoms with van der Waals surface area (Å²) in [5.41, 5.74) is 3.56. The van der Waals surface area contributed by atoms with Crippen LogP contribution in [0.25, 0.3) is 22.4 Å². The first-order chi connectivity index (χ1) is 18.0. The van der Waals surface area contributed by atoms with Gasteiger partial charge in [0.1, 0.15) is 12.4 Å². The summed E-state index contributed by atoms with van der Waals surface area (Å²) in [7, 11) is 4.61. The molecule has 3 aromatic carbocycles. The van der Waals surface area contributed by atoms with E-state index < -0.39 is 0 Å². The molecule has 0 bridgehead atoms. The smallest absolute Gasteiger partial charge is 0.276 e. The molecule has 0 saturated carbocycles. The van der Waals surface area contributed by atoms with Gasteiger partial charge >= 0.3 is 0 Å². The monoisotopic (exact) mass is 515 g/mol. The minimum atomic E-state index is -0.209. The Morgan fingerprint density at radius 3 is 2.32 bits per heavy atom. The Balaban J connectivity index is 1.48. The number of thiazole rings is 1. The molecule has 0 saturated heterocycles. The third-order valence-corrected chi connectivity index (χ3v) is 6.81. The van der Waals surface area contributed by atoms with Gasteiger partial charge in [0.2, 0.25) is 10.7 Å². The Hall–Kier alpha value is -4.37. The fourth-order valence-electron chi connectivity index (χ4n) is 3.96. The maximum Gasteiger partial charge on any atom is 0.276 e. The molecule has 5 aromatic rings. The predicted molar refractivity (Wildman–Crippen MR) is 143 cm³/mol. The summed E-state index contributed by atoms with van der Waals surface area (Å²) in [6.45, 7) is 2.52. The quantitative estimate of drug-likeness (QED) is 0.305. The Morgan fingerprint density at radius 2 is 1.65 bits per heavy atom. The molecule has 0 unspecified atom stereocenters. The van der Waals surface area contributed by atoms with Crippen molar-refractivity contribution in [2.45, 2.75) is 13.5 Å². The Bertz CT molecular complexity index is 1650. The van der Waals surface area contributed by atoms with Crippen LogP contribution in [0.3, 0.4) is 0 Å². The third kappa shape index (κ3) is 4.85. The highest BCUT2D eigenvalue weighted by atomic mass is 32.1. The molecule has 8 nitrogen and oxygen atoms in total. The lowest BCUT2D eigenvalue weighted by atomic mass is 10.1. The molecule has 0 N–H and O–H groups in total. The zero-order valence-electron chi connectivity index (χ0n) is 20.8. The topological polar surface area (TPSA) is 84.2 Å². The summed E-state index contributed by atoms with van der Waals surface area (Å²) in [6, 6.07) is 19.4. The van der Waals surface area contributed by atoms with Gasteiger partial charge in [-0.15, -0.1) is 10.2 Å². The van der Waals surface area contributed by atoms with E-state index in [0.29, 0.717) is 44.7 Å². The van der Waals surface area contributed by atoms with Crippen molar-refractivity contribution >= 4 is 22.4 Å². The van der Waals surface area contributed by atoms with E-state index in [4.69, 9.17) is 18.9 Å². The second kappa shape index (κ2) is 10.3. The van der Waals surface area contributed by atoms with Crippen molar-refractivity contribution in [3.05, 3.63) is 92.2 Å². The van der Waals surface area contributed by atoms with Crippen molar-refractivity contribution in [2.75, 3.05) is 21.3 Å². The number of hydrogen-bond donors (Lipinski definition) is 0. The first-order valence-electron chi connectivity index (χ1n) is 11.5. The van der Waals surface area contributed by atoms with Crippen molar-refractivity contribution in [3.8, 4) is 34.4 Å². The molecule has 0 amide bonds. The largest absolute Gasteiger partial charge is 0.493 e. The van der Waals surface area contributed by atoms with Crippen LogP contribution in [0.4, 0.5) is 0 Å². The number of ether oxygens (including phenoxy) is 4. The summed E-state index contributed by atoms with van der Waals surface area (Å²) in [6.07, 6.45) is 1.83. The van der Waals surface area contributed by atoms with Crippen LogP contribution in [0.15, 0.2) is 65.5 Å². The summed E-state index contributed by atoms with van der Waals surface area (Å²) in [5, 5.41) is 8.48. The van der Waals surface area contributed by atoms with E-state index in [-0.39, 0.29) is 5.56 Å². The minimum Gasteiger partial charge on any atom is -0.493 e. The van der Waals surface area contributed by atoms with Crippen LogP contribution in [-0.2, 0) is 6.61 Å². The Morgan fingerprint density at radius 1 is 0.919 bits per heavy atom. The number of methoxy groups -OCH3 is 3. The molecule has 0 spiro atoms. The van der Waals surface area contributed by atoms with Gasteiger partial charge in [0.15, 0.2) is 17.3 Å². The van der Waals surface area contributed by atoms with Gasteiger partial charge in [0.05, 0.1) is 25.9 Å². The highest BCUT2D eigenvalue weighted by molar-refractivity contribution is 7.15. The molecule has 2 heterocycles. The first kappa shape index (κ1) is 24.3. The van der Waals surface area contributed by atoms with Crippen molar-refractivity contribution in [1.82, 2.24) is 14.6 Å². The van der Waals surface area contributed by atoms with Gasteiger partial charge in [0, 0.05) is 5.56 Å². The standard InChI is InChI=1S/C28H25N3O5S/c1-17-8-10-18(11-9-17)16-36-21-7-5-6-19(12-21)13-24-27(32)31-26(29-30-28(31)37-24)20-14-22(33-2)25(35-4)23(15-20)34-3/h5-15H,16H2,1-4H3/b24-13-. The molecule has 0 atom stereocenters. The van der Waals surface area contributed by atoms with Crippen LogP contribution in [0.5, 0.6) is 23.0 Å². The number of nitrogens with zero attached hydrogens (tertiary/aromatic N) is 3. The molecular formula is C28H25N3O5S. The van der Waals surface area contributed by atoms with E-state index in [1.54, 1.807) is 12.1 Å². The van der Waals surface area contributed by atoms with Crippen LogP contribution in [-0.4, -0.2) is 35.9 Å². The molecule has 0 aliphatic rings. The number of rotatable bonds is 8. The summed E-state index contributed by atoms with van der Waals surface area (Å²) in [5.74, 6) is 2.50. The molecule has 37 heavy (non-hydrogen) atoms. The van der Waals surface area contributed by atoms with E-state index in [9.17, 15) is 4.79 Å². The van der Waals surface area contributed by atoms with E-state index in [1.807, 2.05) is 30.3 Å². The average Bonchev–Trinajstić information content (AvgIpc) is 3.47. The number of aromatic nitrogens is 3. The highest BCUT2D eigenvalue weighted by Crippen LogP contribution is 2.40. The zero-order chi connectivity index (χ0) is 25.9. The predicted octanol–water partition coefficient (Wildman–Crippen LogP) is 4.28. The zero-order valence-corrected chi connectivity index (χ0v) is 21.7. The lowest BCUT2D eigenvalue weighted by molar-refractivity contribution is 0.306. The molecule has 2 aromatic heterocycles. The molecule has 0 aliphatic heterocycles. The fraction of sp³-hybridized carbons (Fsp3) is 0.179. The van der Waals surface area contributed by atoms with Crippen LogP contribution >= 0.6 is 11.3 Å². The van der Waals surface area contributed by atoms with Gasteiger partial charge in [-0.2, -0.15) is 0 Å². The Labute approximate surface area is 217 Å². The van der Waals surface area contributed by atoms with Gasteiger partial charge in [0.25, 0.3) is 5.56 Å². The van der Waals surface area contributed by atoms with Gasteiger partial charge in [-0.25, -0.2) is 4.40 Å². The van der Waals surface area contributed by atoms with Crippen LogP contribution in [0.1, 0.15) is 16.7 Å². The second-order valence-electron chi connectivity index (χ2n) is 8.32. The second-order valence-corrected chi connectivity index (χ2v) is 9.33. The van der Waals surface area contributed by atoms with Crippen LogP contribution < -0.4 is 29.0 Å². The van der Waals surface area contributed by atoms with Crippen LogP contribution in [0.2, 0.25) is 0 Å². The van der Waals surface area contributed by atoms with Gasteiger partial charge in [-0.3, -0.25) is 4.79 Å². The molecule has 5 rings (SSSR count). The SMILES string of the molecule is COc1cc(-c2nnc3s/c(=C\c4cccc(OCc5ccc(C)cc5)c4)c(=O)n23)cc(OC)c1OC. The lowest BCUT2D eigenvalue weighted by Gasteiger charge is -2.13. The highest BCUT2D eigenvalue weighted by Gasteiger charge is 2.19. The maximum absolute atomic E-state index is 13.4. The third-order valence-electron chi connectivity index (χ3n) is 5.85. The normalized spacial score (nSPS) is 11.6. The number of hydrogen-bond acceptors (Lipinski definition) is 8. The fourth-order valence-corrected chi connectivity index (χ4v) is 4.87. The summed E-state index contributed by atoms with van der Waals surface area (Å²) in [4.78, 5) is 13.9. The van der Waals surface area contributed by atoms with Gasteiger partial charge in [-0.05, 0) is 48.4 Å². The molecule has 188 valence electrons. The number of fused-ring (bicyclic) bond motifs is 1. The first-order valence-corrected chi connectivity index (χ1v) is 12.3. The molecule has 9 heteroatoms. The molecular weight excluding hydrogens is 490 g/mol. The van der Waals surface area contributed by atoms with E-state index >= 15 is 0 Å². The number of benzene rings is 3. The van der Waals surface area contributed by atoms with Gasteiger partial charge < -0.3 is 18.9 Å². The van der Waals surface area contributed by atoms with Crippen molar-refractivity contribution in [1.29, 1.82) is 0 Å². The van der Waals surface area contributed by atoms with E-state index in [1.165, 1.54) is 42.6 Å². The van der Waals surface area contributed by atoms with Crippen LogP contribution in [0, 0.1) is 6.92 Å². The van der Waals surface area contributed by atoms with E-state index in [0.717, 1.165) is 16.9 Å². The molecule has 0 fully saturated rings. The summed E-state index contributed by atoms with van der Waals surface area (Å²) >= 11 is 1.27. The van der Waals surface area contributed by atoms with Crippen molar-refractivity contribution in [3.63, 3.8) is 0 Å². The van der Waals surface area contributed by atoms with Crippen molar-refractivity contribution in [2.24, 2.45) is 0 Å². The summed E-state index contributed by atoms with van der Waals surface area (Å²) < 4.78 is 24.3. The number of aryl methyl sites for hydroxylation is 1. The molecule has 0 radical (unpaired) electrons.